The number of benzene rings is 1. The molecule has 10 nitrogen and oxygen atoms in total. The van der Waals surface area contributed by atoms with Crippen molar-refractivity contribution in [3.63, 3.8) is 0 Å². The van der Waals surface area contributed by atoms with Gasteiger partial charge in [-0.2, -0.15) is 0 Å². The number of halogens is 1. The number of hydrogen-bond acceptors (Lipinski definition) is 7. The molecule has 34 heavy (non-hydrogen) atoms. The SMILES string of the molecule is CCN(C)C(=O)N1CCc2cc(F)c(C(=O)Nc3cccc(C4=NNNN4C(C)C)n3)cc2C1. The van der Waals surface area contributed by atoms with Crippen LogP contribution in [0.15, 0.2) is 35.4 Å². The van der Waals surface area contributed by atoms with E-state index in [0.29, 0.717) is 37.6 Å². The standard InChI is InChI=1S/C23H29FN8O2/c1-5-30(4)23(34)31-10-9-15-12-18(24)17(11-16(15)13-31)22(33)26-20-8-6-7-19(25-20)21-27-28-29-32(21)14(2)3/h6-8,11-12,14,28-29H,5,9-10,13H2,1-4H3,(H,25,26,33). The lowest BCUT2D eigenvalue weighted by Gasteiger charge is -2.32. The molecule has 0 unspecified atom stereocenters. The molecule has 0 saturated heterocycles. The van der Waals surface area contributed by atoms with Gasteiger partial charge in [-0.3, -0.25) is 9.80 Å². The van der Waals surface area contributed by atoms with Crippen molar-refractivity contribution in [2.75, 3.05) is 25.5 Å². The second-order valence-electron chi connectivity index (χ2n) is 8.55. The summed E-state index contributed by atoms with van der Waals surface area (Å²) in [6, 6.07) is 8.11. The molecule has 3 amide bonds. The summed E-state index contributed by atoms with van der Waals surface area (Å²) in [6.45, 7) is 7.34. The van der Waals surface area contributed by atoms with E-state index in [0.717, 1.165) is 11.1 Å². The Bertz CT molecular complexity index is 1140. The van der Waals surface area contributed by atoms with Crippen molar-refractivity contribution in [1.29, 1.82) is 0 Å². The number of nitrogens with one attached hydrogen (secondary N) is 3. The fraction of sp³-hybridized carbons (Fsp3) is 0.391. The van der Waals surface area contributed by atoms with E-state index in [4.69, 9.17) is 0 Å². The number of hydrogen-bond donors (Lipinski definition) is 3. The Balaban J connectivity index is 1.53. The molecule has 0 atom stereocenters. The number of nitrogens with zero attached hydrogens (tertiary/aromatic N) is 5. The van der Waals surface area contributed by atoms with Crippen LogP contribution >= 0.6 is 0 Å². The molecule has 3 heterocycles. The van der Waals surface area contributed by atoms with Gasteiger partial charge in [0.15, 0.2) is 5.84 Å². The molecule has 0 bridgehead atoms. The highest BCUT2D eigenvalue weighted by atomic mass is 19.1. The third kappa shape index (κ3) is 4.65. The van der Waals surface area contributed by atoms with Crippen molar-refractivity contribution in [2.45, 2.75) is 39.8 Å². The zero-order valence-corrected chi connectivity index (χ0v) is 19.7. The quantitative estimate of drug-likeness (QED) is 0.622. The highest BCUT2D eigenvalue weighted by molar-refractivity contribution is 6.04. The molecule has 1 aromatic carbocycles. The number of pyridine rings is 1. The van der Waals surface area contributed by atoms with Crippen molar-refractivity contribution >= 4 is 23.6 Å². The van der Waals surface area contributed by atoms with Crippen molar-refractivity contribution < 1.29 is 14.0 Å². The third-order valence-electron chi connectivity index (χ3n) is 5.91. The topological polar surface area (TPSA) is 105 Å². The molecule has 0 aliphatic carbocycles. The van der Waals surface area contributed by atoms with Crippen LogP contribution in [-0.2, 0) is 13.0 Å². The molecular formula is C23H29FN8O2. The fourth-order valence-corrected chi connectivity index (χ4v) is 3.90. The lowest BCUT2D eigenvalue weighted by molar-refractivity contribution is 0.102. The number of aromatic nitrogens is 1. The lowest BCUT2D eigenvalue weighted by Crippen LogP contribution is -2.45. The van der Waals surface area contributed by atoms with Crippen LogP contribution in [0.1, 0.15) is 48.0 Å². The van der Waals surface area contributed by atoms with E-state index in [1.807, 2.05) is 20.8 Å². The number of carbonyl (C=O) groups is 2. The van der Waals surface area contributed by atoms with Crippen molar-refractivity contribution in [2.24, 2.45) is 5.10 Å². The van der Waals surface area contributed by atoms with Gasteiger partial charge in [0.25, 0.3) is 5.91 Å². The molecule has 4 rings (SSSR count). The van der Waals surface area contributed by atoms with Crippen molar-refractivity contribution in [3.8, 4) is 0 Å². The van der Waals surface area contributed by atoms with E-state index >= 15 is 0 Å². The first-order valence-electron chi connectivity index (χ1n) is 11.3. The van der Waals surface area contributed by atoms with Gasteiger partial charge in [-0.05, 0) is 62.6 Å². The van der Waals surface area contributed by atoms with Gasteiger partial charge in [-0.15, -0.1) is 10.6 Å². The van der Waals surface area contributed by atoms with Gasteiger partial charge in [-0.1, -0.05) is 6.07 Å². The second-order valence-corrected chi connectivity index (χ2v) is 8.55. The summed E-state index contributed by atoms with van der Waals surface area (Å²) in [5.74, 6) is -0.353. The van der Waals surface area contributed by atoms with E-state index in [2.05, 4.69) is 26.5 Å². The molecule has 180 valence electrons. The Morgan fingerprint density at radius 3 is 2.79 bits per heavy atom. The molecule has 0 radical (unpaired) electrons. The van der Waals surface area contributed by atoms with Crippen LogP contribution in [0.2, 0.25) is 0 Å². The van der Waals surface area contributed by atoms with Gasteiger partial charge in [0, 0.05) is 32.7 Å². The molecule has 0 saturated carbocycles. The van der Waals surface area contributed by atoms with E-state index < -0.39 is 11.7 Å². The predicted octanol–water partition coefficient (Wildman–Crippen LogP) is 2.30. The molecule has 2 aromatic rings. The van der Waals surface area contributed by atoms with Crippen molar-refractivity contribution in [1.82, 2.24) is 30.9 Å². The highest BCUT2D eigenvalue weighted by Crippen LogP contribution is 2.24. The Morgan fingerprint density at radius 2 is 2.06 bits per heavy atom. The molecular weight excluding hydrogens is 439 g/mol. The minimum Gasteiger partial charge on any atom is -0.328 e. The van der Waals surface area contributed by atoms with Crippen LogP contribution in [-0.4, -0.2) is 63.7 Å². The number of fused-ring (bicyclic) bond motifs is 1. The summed E-state index contributed by atoms with van der Waals surface area (Å²) in [6.07, 6.45) is 0.539. The van der Waals surface area contributed by atoms with Crippen LogP contribution in [0.5, 0.6) is 0 Å². The maximum Gasteiger partial charge on any atom is 0.320 e. The molecule has 2 aliphatic rings. The minimum atomic E-state index is -0.607. The highest BCUT2D eigenvalue weighted by Gasteiger charge is 2.26. The number of rotatable bonds is 5. The maximum atomic E-state index is 14.8. The van der Waals surface area contributed by atoms with E-state index in [1.54, 1.807) is 40.1 Å². The van der Waals surface area contributed by atoms with Gasteiger partial charge in [-0.25, -0.2) is 19.7 Å². The van der Waals surface area contributed by atoms with Crippen LogP contribution in [0.3, 0.4) is 0 Å². The summed E-state index contributed by atoms with van der Waals surface area (Å²) in [5.41, 5.74) is 7.66. The summed E-state index contributed by atoms with van der Waals surface area (Å²) in [5, 5.41) is 8.69. The first-order valence-corrected chi connectivity index (χ1v) is 11.3. The van der Waals surface area contributed by atoms with Crippen molar-refractivity contribution in [3.05, 3.63) is 58.5 Å². The summed E-state index contributed by atoms with van der Waals surface area (Å²) in [4.78, 5) is 33.3. The number of anilines is 1. The molecule has 0 fully saturated rings. The second kappa shape index (κ2) is 9.64. The normalized spacial score (nSPS) is 15.1. The largest absolute Gasteiger partial charge is 0.328 e. The number of amidine groups is 1. The number of hydrazine groups is 2. The monoisotopic (exact) mass is 468 g/mol. The average molecular weight is 469 g/mol. The lowest BCUT2D eigenvalue weighted by atomic mass is 9.96. The summed E-state index contributed by atoms with van der Waals surface area (Å²) >= 11 is 0. The van der Waals surface area contributed by atoms with Crippen LogP contribution < -0.4 is 16.4 Å². The summed E-state index contributed by atoms with van der Waals surface area (Å²) < 4.78 is 14.8. The Morgan fingerprint density at radius 1 is 1.26 bits per heavy atom. The minimum absolute atomic E-state index is 0.0845. The molecule has 2 aliphatic heterocycles. The molecule has 0 spiro atoms. The van der Waals surface area contributed by atoms with Gasteiger partial charge in [0.05, 0.1) is 5.56 Å². The smallest absolute Gasteiger partial charge is 0.320 e. The number of amides is 3. The van der Waals surface area contributed by atoms with Gasteiger partial charge < -0.3 is 15.1 Å². The van der Waals surface area contributed by atoms with E-state index in [1.165, 1.54) is 12.1 Å². The van der Waals surface area contributed by atoms with Gasteiger partial charge >= 0.3 is 6.03 Å². The van der Waals surface area contributed by atoms with Crippen LogP contribution in [0.4, 0.5) is 15.0 Å². The average Bonchev–Trinajstić information content (AvgIpc) is 3.33. The number of hydrazone groups is 1. The van der Waals surface area contributed by atoms with E-state index in [-0.39, 0.29) is 23.5 Å². The first kappa shape index (κ1) is 23.4. The maximum absolute atomic E-state index is 14.8. The number of carbonyl (C=O) groups excluding carboxylic acids is 2. The first-order chi connectivity index (χ1) is 16.3. The van der Waals surface area contributed by atoms with Crippen LogP contribution in [0.25, 0.3) is 0 Å². The third-order valence-corrected chi connectivity index (χ3v) is 5.91. The summed E-state index contributed by atoms with van der Waals surface area (Å²) in [7, 11) is 1.74. The molecule has 1 aromatic heterocycles. The zero-order chi connectivity index (χ0) is 24.4. The molecule has 3 N–H and O–H groups in total. The fourth-order valence-electron chi connectivity index (χ4n) is 3.90. The zero-order valence-electron chi connectivity index (χ0n) is 19.7. The van der Waals surface area contributed by atoms with Crippen LogP contribution in [0, 0.1) is 5.82 Å². The predicted molar refractivity (Wildman–Crippen MR) is 126 cm³/mol. The van der Waals surface area contributed by atoms with Gasteiger partial charge in [0.1, 0.15) is 17.3 Å². The Labute approximate surface area is 197 Å². The Hall–Kier alpha value is -3.73. The number of urea groups is 1. The Kier molecular flexibility index (Phi) is 6.64. The van der Waals surface area contributed by atoms with E-state index in [9.17, 15) is 14.0 Å². The van der Waals surface area contributed by atoms with Gasteiger partial charge in [0.2, 0.25) is 0 Å². The molecule has 11 heteroatoms.